The van der Waals surface area contributed by atoms with Crippen molar-refractivity contribution >= 4 is 12.0 Å². The summed E-state index contributed by atoms with van der Waals surface area (Å²) < 4.78 is 4.73. The van der Waals surface area contributed by atoms with Gasteiger partial charge in [-0.2, -0.15) is 5.26 Å². The van der Waals surface area contributed by atoms with Crippen molar-refractivity contribution in [2.75, 3.05) is 6.61 Å². The molecule has 0 N–H and O–H groups in total. The number of rotatable bonds is 3. The molecule has 0 radical (unpaired) electrons. The number of hydrogen-bond acceptors (Lipinski definition) is 3. The maximum atomic E-state index is 11.0. The van der Waals surface area contributed by atoms with Crippen LogP contribution in [0.3, 0.4) is 0 Å². The maximum Gasteiger partial charge on any atom is 0.330 e. The molecule has 0 aromatic heterocycles. The highest BCUT2D eigenvalue weighted by Crippen LogP contribution is 2.05. The Kier molecular flexibility index (Phi) is 4.11. The van der Waals surface area contributed by atoms with Gasteiger partial charge < -0.3 is 4.74 Å². The number of nitrogens with zero attached hydrogens (tertiary/aromatic N) is 1. The number of carbonyl (C=O) groups excluding carboxylic acids is 1. The lowest BCUT2D eigenvalue weighted by Crippen LogP contribution is -1.98. The van der Waals surface area contributed by atoms with E-state index in [9.17, 15) is 4.79 Å². The average Bonchev–Trinajstić information content (AvgIpc) is 2.27. The first-order valence-corrected chi connectivity index (χ1v) is 4.61. The van der Waals surface area contributed by atoms with Crippen LogP contribution >= 0.6 is 0 Å². The normalized spacial score (nSPS) is 9.87. The van der Waals surface area contributed by atoms with Crippen LogP contribution < -0.4 is 0 Å². The molecule has 0 bridgehead atoms. The highest BCUT2D eigenvalue weighted by atomic mass is 16.5. The van der Waals surface area contributed by atoms with Gasteiger partial charge in [-0.1, -0.05) is 12.1 Å². The van der Waals surface area contributed by atoms with E-state index in [1.54, 1.807) is 31.2 Å². The quantitative estimate of drug-likeness (QED) is 0.556. The molecular weight excluding hydrogens is 190 g/mol. The fourth-order valence-corrected chi connectivity index (χ4v) is 1.07. The lowest BCUT2D eigenvalue weighted by Gasteiger charge is -1.95. The van der Waals surface area contributed by atoms with Crippen molar-refractivity contribution in [3.63, 3.8) is 0 Å². The summed E-state index contributed by atoms with van der Waals surface area (Å²) in [6.07, 6.45) is 2.97. The molecule has 0 aliphatic carbocycles. The Balaban J connectivity index is 2.72. The van der Waals surface area contributed by atoms with Gasteiger partial charge in [-0.25, -0.2) is 4.79 Å². The summed E-state index contributed by atoms with van der Waals surface area (Å²) in [5, 5.41) is 8.66. The first-order chi connectivity index (χ1) is 7.26. The van der Waals surface area contributed by atoms with E-state index in [0.29, 0.717) is 12.2 Å². The number of nitriles is 1. The molecule has 0 atom stereocenters. The van der Waals surface area contributed by atoms with Gasteiger partial charge in [0.05, 0.1) is 18.2 Å². The van der Waals surface area contributed by atoms with Crippen LogP contribution in [0.25, 0.3) is 6.08 Å². The van der Waals surface area contributed by atoms with Crippen molar-refractivity contribution in [1.82, 2.24) is 0 Å². The molecule has 0 aliphatic rings. The van der Waals surface area contributed by atoms with Gasteiger partial charge in [0, 0.05) is 6.08 Å². The van der Waals surface area contributed by atoms with E-state index in [2.05, 4.69) is 0 Å². The Hall–Kier alpha value is -2.08. The van der Waals surface area contributed by atoms with Crippen molar-refractivity contribution < 1.29 is 9.53 Å². The fourth-order valence-electron chi connectivity index (χ4n) is 1.07. The molecule has 0 saturated heterocycles. The van der Waals surface area contributed by atoms with Crippen LogP contribution in [0.4, 0.5) is 0 Å². The predicted molar refractivity (Wildman–Crippen MR) is 56.8 cm³/mol. The summed E-state index contributed by atoms with van der Waals surface area (Å²) in [6, 6.07) is 9.03. The largest absolute Gasteiger partial charge is 0.463 e. The van der Waals surface area contributed by atoms with Crippen molar-refractivity contribution in [1.29, 1.82) is 5.26 Å². The van der Waals surface area contributed by atoms with Crippen LogP contribution in [0.2, 0.25) is 0 Å². The van der Waals surface area contributed by atoms with E-state index in [1.807, 2.05) is 12.1 Å². The molecule has 3 nitrogen and oxygen atoms in total. The molecule has 0 spiro atoms. The van der Waals surface area contributed by atoms with Crippen LogP contribution in [0.15, 0.2) is 30.3 Å². The predicted octanol–water partition coefficient (Wildman–Crippen LogP) is 2.13. The number of carbonyl (C=O) groups is 1. The molecule has 0 fully saturated rings. The van der Waals surface area contributed by atoms with Crippen molar-refractivity contribution in [3.05, 3.63) is 41.5 Å². The Morgan fingerprint density at radius 3 is 3.07 bits per heavy atom. The van der Waals surface area contributed by atoms with Gasteiger partial charge in [0.25, 0.3) is 0 Å². The molecule has 0 saturated carbocycles. The minimum absolute atomic E-state index is 0.363. The third kappa shape index (κ3) is 3.65. The smallest absolute Gasteiger partial charge is 0.330 e. The summed E-state index contributed by atoms with van der Waals surface area (Å²) >= 11 is 0. The topological polar surface area (TPSA) is 50.1 Å². The van der Waals surface area contributed by atoms with Crippen LogP contribution in [0.1, 0.15) is 18.1 Å². The summed E-state index contributed by atoms with van der Waals surface area (Å²) in [4.78, 5) is 11.0. The summed E-state index contributed by atoms with van der Waals surface area (Å²) in [5.41, 5.74) is 1.38. The van der Waals surface area contributed by atoms with Gasteiger partial charge in [-0.15, -0.1) is 0 Å². The fraction of sp³-hybridized carbons (Fsp3) is 0.167. The van der Waals surface area contributed by atoms with Crippen LogP contribution in [-0.2, 0) is 9.53 Å². The van der Waals surface area contributed by atoms with E-state index in [4.69, 9.17) is 10.00 Å². The Morgan fingerprint density at radius 2 is 2.40 bits per heavy atom. The minimum atomic E-state index is -0.375. The van der Waals surface area contributed by atoms with E-state index in [0.717, 1.165) is 5.56 Å². The lowest BCUT2D eigenvalue weighted by molar-refractivity contribution is -0.137. The number of ether oxygens (including phenoxy) is 1. The van der Waals surface area contributed by atoms with E-state index >= 15 is 0 Å². The molecule has 76 valence electrons. The first-order valence-electron chi connectivity index (χ1n) is 4.61. The zero-order valence-electron chi connectivity index (χ0n) is 8.43. The molecular formula is C12H11NO2. The van der Waals surface area contributed by atoms with Gasteiger partial charge in [0.15, 0.2) is 0 Å². The van der Waals surface area contributed by atoms with E-state index in [1.165, 1.54) is 6.08 Å². The molecule has 0 unspecified atom stereocenters. The van der Waals surface area contributed by atoms with Crippen molar-refractivity contribution in [2.45, 2.75) is 6.92 Å². The molecule has 3 heteroatoms. The van der Waals surface area contributed by atoms with E-state index in [-0.39, 0.29) is 5.97 Å². The molecule has 0 amide bonds. The summed E-state index contributed by atoms with van der Waals surface area (Å²) in [6.45, 7) is 2.11. The highest BCUT2D eigenvalue weighted by Gasteiger charge is 1.94. The SMILES string of the molecule is CCOC(=O)C=Cc1cccc(C#N)c1. The molecule has 0 heterocycles. The summed E-state index contributed by atoms with van der Waals surface area (Å²) in [7, 11) is 0. The molecule has 1 aromatic rings. The first kappa shape index (κ1) is 11.0. The van der Waals surface area contributed by atoms with Crippen LogP contribution in [0.5, 0.6) is 0 Å². The second-order valence-electron chi connectivity index (χ2n) is 2.82. The standard InChI is InChI=1S/C12H11NO2/c1-2-15-12(14)7-6-10-4-3-5-11(8-10)9-13/h3-8H,2H2,1H3. The van der Waals surface area contributed by atoms with Crippen molar-refractivity contribution in [3.8, 4) is 6.07 Å². The van der Waals surface area contributed by atoms with Gasteiger partial charge in [-0.05, 0) is 30.7 Å². The number of benzene rings is 1. The van der Waals surface area contributed by atoms with Crippen molar-refractivity contribution in [2.24, 2.45) is 0 Å². The molecule has 15 heavy (non-hydrogen) atoms. The number of hydrogen-bond donors (Lipinski definition) is 0. The Morgan fingerprint density at radius 1 is 1.60 bits per heavy atom. The maximum absolute atomic E-state index is 11.0. The minimum Gasteiger partial charge on any atom is -0.463 e. The highest BCUT2D eigenvalue weighted by molar-refractivity contribution is 5.87. The zero-order chi connectivity index (χ0) is 11.1. The van der Waals surface area contributed by atoms with Crippen LogP contribution in [0, 0.1) is 11.3 Å². The third-order valence-electron chi connectivity index (χ3n) is 1.71. The summed E-state index contributed by atoms with van der Waals surface area (Å²) in [5.74, 6) is -0.375. The Bertz CT molecular complexity index is 416. The Labute approximate surface area is 88.6 Å². The van der Waals surface area contributed by atoms with Gasteiger partial charge >= 0.3 is 5.97 Å². The van der Waals surface area contributed by atoms with E-state index < -0.39 is 0 Å². The van der Waals surface area contributed by atoms with Gasteiger partial charge in [0.1, 0.15) is 0 Å². The second-order valence-corrected chi connectivity index (χ2v) is 2.82. The van der Waals surface area contributed by atoms with Crippen LogP contribution in [-0.4, -0.2) is 12.6 Å². The van der Waals surface area contributed by atoms with Gasteiger partial charge in [0.2, 0.25) is 0 Å². The lowest BCUT2D eigenvalue weighted by atomic mass is 10.1. The molecule has 0 aliphatic heterocycles. The molecule has 1 aromatic carbocycles. The second kappa shape index (κ2) is 5.61. The number of esters is 1. The third-order valence-corrected chi connectivity index (χ3v) is 1.71. The van der Waals surface area contributed by atoms with Gasteiger partial charge in [-0.3, -0.25) is 0 Å². The zero-order valence-corrected chi connectivity index (χ0v) is 8.43. The monoisotopic (exact) mass is 201 g/mol. The molecule has 1 rings (SSSR count). The average molecular weight is 201 g/mol.